The molecule has 0 radical (unpaired) electrons. The van der Waals surface area contributed by atoms with Crippen molar-refractivity contribution < 1.29 is 9.84 Å². The lowest BCUT2D eigenvalue weighted by molar-refractivity contribution is 0.136. The second-order valence-corrected chi connectivity index (χ2v) is 4.45. The van der Waals surface area contributed by atoms with Gasteiger partial charge in [-0.3, -0.25) is 4.98 Å². The Morgan fingerprint density at radius 3 is 3.18 bits per heavy atom. The van der Waals surface area contributed by atoms with Gasteiger partial charge in [0.25, 0.3) is 0 Å². The largest absolute Gasteiger partial charge is 0.492 e. The summed E-state index contributed by atoms with van der Waals surface area (Å²) in [5.74, 6) is 0.737. The first-order chi connectivity index (χ1) is 8.31. The molecule has 0 saturated carbocycles. The van der Waals surface area contributed by atoms with E-state index in [0.717, 1.165) is 37.1 Å². The molecule has 2 atom stereocenters. The SMILES string of the molecule is CCCOc1cncc(C(O)C2CCCN2)c1. The molecule has 4 heteroatoms. The molecule has 1 aromatic rings. The van der Waals surface area contributed by atoms with Crippen molar-refractivity contribution in [3.8, 4) is 5.75 Å². The Morgan fingerprint density at radius 2 is 2.47 bits per heavy atom. The number of aromatic nitrogens is 1. The fraction of sp³-hybridized carbons (Fsp3) is 0.615. The molecule has 2 N–H and O–H groups in total. The Morgan fingerprint density at radius 1 is 1.59 bits per heavy atom. The summed E-state index contributed by atoms with van der Waals surface area (Å²) in [6, 6.07) is 2.03. The summed E-state index contributed by atoms with van der Waals surface area (Å²) in [7, 11) is 0. The summed E-state index contributed by atoms with van der Waals surface area (Å²) >= 11 is 0. The average molecular weight is 236 g/mol. The molecule has 1 aliphatic rings. The van der Waals surface area contributed by atoms with E-state index in [1.165, 1.54) is 0 Å². The molecule has 2 heterocycles. The van der Waals surface area contributed by atoms with Crippen LogP contribution < -0.4 is 10.1 Å². The highest BCUT2D eigenvalue weighted by Gasteiger charge is 2.24. The van der Waals surface area contributed by atoms with Gasteiger partial charge in [0.2, 0.25) is 0 Å². The third kappa shape index (κ3) is 3.17. The minimum absolute atomic E-state index is 0.151. The average Bonchev–Trinajstić information content (AvgIpc) is 2.89. The summed E-state index contributed by atoms with van der Waals surface area (Å²) < 4.78 is 5.51. The highest BCUT2D eigenvalue weighted by Crippen LogP contribution is 2.24. The van der Waals surface area contributed by atoms with Crippen LogP contribution in [0, 0.1) is 0 Å². The summed E-state index contributed by atoms with van der Waals surface area (Å²) in [5.41, 5.74) is 0.831. The highest BCUT2D eigenvalue weighted by molar-refractivity contribution is 5.26. The number of nitrogens with zero attached hydrogens (tertiary/aromatic N) is 1. The maximum absolute atomic E-state index is 10.2. The van der Waals surface area contributed by atoms with Crippen molar-refractivity contribution in [2.24, 2.45) is 0 Å². The van der Waals surface area contributed by atoms with Crippen LogP contribution in [0.5, 0.6) is 5.75 Å². The van der Waals surface area contributed by atoms with Crippen molar-refractivity contribution >= 4 is 0 Å². The van der Waals surface area contributed by atoms with Gasteiger partial charge in [-0.15, -0.1) is 0 Å². The van der Waals surface area contributed by atoms with Crippen LogP contribution in [0.15, 0.2) is 18.5 Å². The van der Waals surface area contributed by atoms with Gasteiger partial charge in [-0.1, -0.05) is 6.92 Å². The third-order valence-corrected chi connectivity index (χ3v) is 3.03. The molecule has 0 aliphatic carbocycles. The van der Waals surface area contributed by atoms with E-state index in [1.807, 2.05) is 6.07 Å². The second-order valence-electron chi connectivity index (χ2n) is 4.45. The lowest BCUT2D eigenvalue weighted by atomic mass is 10.0. The molecule has 94 valence electrons. The fourth-order valence-electron chi connectivity index (χ4n) is 2.11. The van der Waals surface area contributed by atoms with Crippen LogP contribution in [0.2, 0.25) is 0 Å². The molecule has 0 spiro atoms. The third-order valence-electron chi connectivity index (χ3n) is 3.03. The topological polar surface area (TPSA) is 54.4 Å². The molecule has 1 saturated heterocycles. The maximum Gasteiger partial charge on any atom is 0.137 e. The van der Waals surface area contributed by atoms with Crippen LogP contribution in [0.4, 0.5) is 0 Å². The van der Waals surface area contributed by atoms with Gasteiger partial charge < -0.3 is 15.2 Å². The van der Waals surface area contributed by atoms with Crippen LogP contribution in [-0.4, -0.2) is 29.3 Å². The minimum atomic E-state index is -0.491. The van der Waals surface area contributed by atoms with Gasteiger partial charge in [-0.2, -0.15) is 0 Å². The molecular formula is C13H20N2O2. The van der Waals surface area contributed by atoms with Crippen molar-refractivity contribution in [2.75, 3.05) is 13.2 Å². The van der Waals surface area contributed by atoms with E-state index in [-0.39, 0.29) is 6.04 Å². The quantitative estimate of drug-likeness (QED) is 0.816. The van der Waals surface area contributed by atoms with Crippen molar-refractivity contribution in [2.45, 2.75) is 38.3 Å². The number of nitrogens with one attached hydrogen (secondary N) is 1. The summed E-state index contributed by atoms with van der Waals surface area (Å²) in [4.78, 5) is 4.12. The maximum atomic E-state index is 10.2. The number of aliphatic hydroxyl groups is 1. The second kappa shape index (κ2) is 5.98. The van der Waals surface area contributed by atoms with E-state index >= 15 is 0 Å². The van der Waals surface area contributed by atoms with Gasteiger partial charge in [0, 0.05) is 17.8 Å². The zero-order valence-electron chi connectivity index (χ0n) is 10.2. The van der Waals surface area contributed by atoms with E-state index in [9.17, 15) is 5.11 Å². The molecule has 0 bridgehead atoms. The smallest absolute Gasteiger partial charge is 0.137 e. The summed E-state index contributed by atoms with van der Waals surface area (Å²) in [5, 5.41) is 13.5. The molecule has 0 aromatic carbocycles. The Balaban J connectivity index is 2.03. The Kier molecular flexibility index (Phi) is 4.34. The van der Waals surface area contributed by atoms with Gasteiger partial charge in [0.1, 0.15) is 5.75 Å². The number of hydrogen-bond acceptors (Lipinski definition) is 4. The number of rotatable bonds is 5. The van der Waals surface area contributed by atoms with Crippen LogP contribution in [0.25, 0.3) is 0 Å². The summed E-state index contributed by atoms with van der Waals surface area (Å²) in [6.45, 7) is 3.73. The Hall–Kier alpha value is -1.13. The first-order valence-electron chi connectivity index (χ1n) is 6.30. The van der Waals surface area contributed by atoms with Crippen LogP contribution >= 0.6 is 0 Å². The monoisotopic (exact) mass is 236 g/mol. The zero-order valence-corrected chi connectivity index (χ0v) is 10.2. The standard InChI is InChI=1S/C13H20N2O2/c1-2-6-17-11-7-10(8-14-9-11)13(16)12-4-3-5-15-12/h7-9,12-13,15-16H,2-6H2,1H3. The van der Waals surface area contributed by atoms with Gasteiger partial charge in [0.05, 0.1) is 18.9 Å². The predicted octanol–water partition coefficient (Wildman–Crippen LogP) is 1.66. The van der Waals surface area contributed by atoms with Crippen LogP contribution in [-0.2, 0) is 0 Å². The zero-order chi connectivity index (χ0) is 12.1. The molecule has 2 unspecified atom stereocenters. The molecule has 1 fully saturated rings. The lowest BCUT2D eigenvalue weighted by Gasteiger charge is -2.18. The Labute approximate surface area is 102 Å². The van der Waals surface area contributed by atoms with Crippen molar-refractivity contribution in [1.29, 1.82) is 0 Å². The number of hydrogen-bond donors (Lipinski definition) is 2. The molecule has 0 amide bonds. The Bertz CT molecular complexity index is 351. The predicted molar refractivity (Wildman–Crippen MR) is 66.0 cm³/mol. The normalized spacial score (nSPS) is 21.4. The van der Waals surface area contributed by atoms with Gasteiger partial charge in [-0.05, 0) is 31.9 Å². The van der Waals surface area contributed by atoms with E-state index < -0.39 is 6.10 Å². The molecular weight excluding hydrogens is 216 g/mol. The fourth-order valence-corrected chi connectivity index (χ4v) is 2.11. The van der Waals surface area contributed by atoms with Crippen LogP contribution in [0.1, 0.15) is 37.9 Å². The summed E-state index contributed by atoms with van der Waals surface area (Å²) in [6.07, 6.45) is 6.02. The van der Waals surface area contributed by atoms with E-state index in [2.05, 4.69) is 17.2 Å². The molecule has 1 aromatic heterocycles. The van der Waals surface area contributed by atoms with E-state index in [0.29, 0.717) is 6.61 Å². The minimum Gasteiger partial charge on any atom is -0.492 e. The van der Waals surface area contributed by atoms with Gasteiger partial charge in [0.15, 0.2) is 0 Å². The number of ether oxygens (including phenoxy) is 1. The van der Waals surface area contributed by atoms with Gasteiger partial charge in [-0.25, -0.2) is 0 Å². The van der Waals surface area contributed by atoms with Crippen LogP contribution in [0.3, 0.4) is 0 Å². The molecule has 2 rings (SSSR count). The highest BCUT2D eigenvalue weighted by atomic mass is 16.5. The van der Waals surface area contributed by atoms with E-state index in [4.69, 9.17) is 4.74 Å². The van der Waals surface area contributed by atoms with Gasteiger partial charge >= 0.3 is 0 Å². The van der Waals surface area contributed by atoms with Crippen molar-refractivity contribution in [3.63, 3.8) is 0 Å². The van der Waals surface area contributed by atoms with Crippen molar-refractivity contribution in [3.05, 3.63) is 24.0 Å². The first-order valence-corrected chi connectivity index (χ1v) is 6.30. The first kappa shape index (κ1) is 12.3. The number of aliphatic hydroxyl groups excluding tert-OH is 1. The van der Waals surface area contributed by atoms with Crippen molar-refractivity contribution in [1.82, 2.24) is 10.3 Å². The number of pyridine rings is 1. The molecule has 4 nitrogen and oxygen atoms in total. The lowest BCUT2D eigenvalue weighted by Crippen LogP contribution is -2.28. The van der Waals surface area contributed by atoms with E-state index in [1.54, 1.807) is 12.4 Å². The molecule has 17 heavy (non-hydrogen) atoms. The molecule has 1 aliphatic heterocycles.